The average molecular weight is 430 g/mol. The summed E-state index contributed by atoms with van der Waals surface area (Å²) in [6.45, 7) is 5.54. The largest absolute Gasteiger partial charge is 0.350 e. The van der Waals surface area contributed by atoms with E-state index in [4.69, 9.17) is 0 Å². The van der Waals surface area contributed by atoms with Gasteiger partial charge in [0.15, 0.2) is 5.96 Å². The second kappa shape index (κ2) is 9.09. The highest BCUT2D eigenvalue weighted by Crippen LogP contribution is 2.16. The lowest BCUT2D eigenvalue weighted by Crippen LogP contribution is -2.36. The van der Waals surface area contributed by atoms with Gasteiger partial charge in [-0.05, 0) is 19.4 Å². The number of rotatable bonds is 4. The van der Waals surface area contributed by atoms with Gasteiger partial charge in [0.1, 0.15) is 5.01 Å². The number of halogens is 1. The van der Waals surface area contributed by atoms with Gasteiger partial charge in [-0.15, -0.1) is 35.3 Å². The monoisotopic (exact) mass is 430 g/mol. The third-order valence-electron chi connectivity index (χ3n) is 3.15. The highest BCUT2D eigenvalue weighted by atomic mass is 127. The molecule has 0 saturated carbocycles. The first kappa shape index (κ1) is 18.9. The summed E-state index contributed by atoms with van der Waals surface area (Å²) in [6, 6.07) is 10.3. The van der Waals surface area contributed by atoms with Crippen LogP contribution in [0.3, 0.4) is 0 Å². The van der Waals surface area contributed by atoms with Gasteiger partial charge in [0.05, 0.1) is 18.8 Å². The molecular weight excluding hydrogens is 407 g/mol. The molecule has 1 aromatic heterocycles. The summed E-state index contributed by atoms with van der Waals surface area (Å²) in [5.74, 6) is 0.879. The lowest BCUT2D eigenvalue weighted by Gasteiger charge is -2.17. The number of nitrogens with zero attached hydrogens (tertiary/aromatic N) is 3. The van der Waals surface area contributed by atoms with Crippen molar-refractivity contribution in [3.8, 4) is 0 Å². The molecule has 0 atom stereocenters. The van der Waals surface area contributed by atoms with E-state index in [1.165, 1.54) is 10.4 Å². The highest BCUT2D eigenvalue weighted by molar-refractivity contribution is 14.0. The predicted molar refractivity (Wildman–Crippen MR) is 105 cm³/mol. The van der Waals surface area contributed by atoms with Crippen LogP contribution >= 0.6 is 35.3 Å². The van der Waals surface area contributed by atoms with Crippen LogP contribution in [0.25, 0.3) is 0 Å². The molecule has 0 saturated heterocycles. The van der Waals surface area contributed by atoms with Gasteiger partial charge in [-0.3, -0.25) is 0 Å². The summed E-state index contributed by atoms with van der Waals surface area (Å²) in [6.07, 6.45) is 0. The van der Waals surface area contributed by atoms with E-state index in [1.807, 2.05) is 44.1 Å². The van der Waals surface area contributed by atoms with Gasteiger partial charge in [0.2, 0.25) is 0 Å². The van der Waals surface area contributed by atoms with E-state index in [-0.39, 0.29) is 24.0 Å². The van der Waals surface area contributed by atoms with Crippen molar-refractivity contribution in [2.75, 3.05) is 14.1 Å². The van der Waals surface area contributed by atoms with Crippen LogP contribution in [0.5, 0.6) is 0 Å². The second-order valence-electron chi connectivity index (χ2n) is 5.12. The zero-order valence-electron chi connectivity index (χ0n) is 13.5. The first-order valence-corrected chi connectivity index (χ1v) is 7.80. The van der Waals surface area contributed by atoms with Crippen molar-refractivity contribution < 1.29 is 0 Å². The lowest BCUT2D eigenvalue weighted by molar-refractivity contribution is 0.578. The molecule has 0 amide bonds. The molecule has 2 aromatic rings. The molecular formula is C16H23IN4S. The van der Waals surface area contributed by atoms with Crippen molar-refractivity contribution in [2.45, 2.75) is 26.9 Å². The third-order valence-corrected chi connectivity index (χ3v) is 4.22. The number of aromatic nitrogens is 1. The minimum Gasteiger partial charge on any atom is -0.350 e. The van der Waals surface area contributed by atoms with E-state index in [0.717, 1.165) is 16.7 Å². The van der Waals surface area contributed by atoms with Crippen LogP contribution in [0, 0.1) is 13.8 Å². The molecule has 1 aromatic carbocycles. The first-order chi connectivity index (χ1) is 10.1. The quantitative estimate of drug-likeness (QED) is 0.458. The molecule has 120 valence electrons. The minimum atomic E-state index is 0. The van der Waals surface area contributed by atoms with Crippen molar-refractivity contribution in [1.82, 2.24) is 15.2 Å². The van der Waals surface area contributed by atoms with Gasteiger partial charge in [-0.1, -0.05) is 30.3 Å². The zero-order chi connectivity index (χ0) is 15.2. The molecule has 0 unspecified atom stereocenters. The summed E-state index contributed by atoms with van der Waals surface area (Å²) in [7, 11) is 3.99. The molecule has 0 bridgehead atoms. The Bertz CT molecular complexity index is 588. The van der Waals surface area contributed by atoms with Crippen LogP contribution in [-0.4, -0.2) is 29.9 Å². The number of benzene rings is 1. The fourth-order valence-corrected chi connectivity index (χ4v) is 2.75. The normalized spacial score (nSPS) is 11.0. The molecule has 0 fully saturated rings. The Hall–Kier alpha value is -1.15. The molecule has 4 nitrogen and oxygen atoms in total. The van der Waals surface area contributed by atoms with E-state index in [0.29, 0.717) is 13.1 Å². The van der Waals surface area contributed by atoms with Crippen molar-refractivity contribution in [3.05, 3.63) is 51.5 Å². The van der Waals surface area contributed by atoms with E-state index < -0.39 is 0 Å². The van der Waals surface area contributed by atoms with Crippen LogP contribution in [0.4, 0.5) is 0 Å². The molecule has 22 heavy (non-hydrogen) atoms. The Morgan fingerprint density at radius 2 is 1.91 bits per heavy atom. The molecule has 0 spiro atoms. The standard InChI is InChI=1S/C16H22N4S.HI/c1-12-13(2)21-15(19-12)11-18-16(20(3)4)17-10-14-8-6-5-7-9-14;/h5-9H,10-11H2,1-4H3,(H,17,18);1H. The van der Waals surface area contributed by atoms with E-state index >= 15 is 0 Å². The first-order valence-electron chi connectivity index (χ1n) is 6.98. The number of hydrogen-bond acceptors (Lipinski definition) is 3. The summed E-state index contributed by atoms with van der Waals surface area (Å²) < 4.78 is 0. The van der Waals surface area contributed by atoms with Crippen molar-refractivity contribution >= 4 is 41.3 Å². The summed E-state index contributed by atoms with van der Waals surface area (Å²) in [5.41, 5.74) is 2.32. The molecule has 6 heteroatoms. The van der Waals surface area contributed by atoms with Crippen molar-refractivity contribution in [1.29, 1.82) is 0 Å². The van der Waals surface area contributed by atoms with Gasteiger partial charge in [-0.25, -0.2) is 9.98 Å². The molecule has 0 aliphatic rings. The summed E-state index contributed by atoms with van der Waals surface area (Å²) in [5, 5.41) is 4.47. The Kier molecular flexibility index (Phi) is 7.81. The number of thiazole rings is 1. The van der Waals surface area contributed by atoms with Gasteiger partial charge in [0.25, 0.3) is 0 Å². The van der Waals surface area contributed by atoms with Crippen LogP contribution in [-0.2, 0) is 13.1 Å². The number of hydrogen-bond donors (Lipinski definition) is 1. The fourth-order valence-electron chi connectivity index (χ4n) is 1.87. The van der Waals surface area contributed by atoms with Crippen LogP contribution in [0.1, 0.15) is 21.1 Å². The van der Waals surface area contributed by atoms with Crippen molar-refractivity contribution in [2.24, 2.45) is 4.99 Å². The Morgan fingerprint density at radius 1 is 1.23 bits per heavy atom. The van der Waals surface area contributed by atoms with Gasteiger partial charge in [-0.2, -0.15) is 0 Å². The van der Waals surface area contributed by atoms with E-state index in [1.54, 1.807) is 11.3 Å². The summed E-state index contributed by atoms with van der Waals surface area (Å²) >= 11 is 1.74. The second-order valence-corrected chi connectivity index (χ2v) is 6.41. The van der Waals surface area contributed by atoms with E-state index in [9.17, 15) is 0 Å². The summed E-state index contributed by atoms with van der Waals surface area (Å²) in [4.78, 5) is 12.5. The molecule has 0 radical (unpaired) electrons. The molecule has 0 aliphatic carbocycles. The highest BCUT2D eigenvalue weighted by Gasteiger charge is 2.06. The smallest absolute Gasteiger partial charge is 0.194 e. The molecule has 1 heterocycles. The van der Waals surface area contributed by atoms with Gasteiger partial charge in [0, 0.05) is 19.0 Å². The third kappa shape index (κ3) is 5.57. The Balaban J connectivity index is 0.00000242. The van der Waals surface area contributed by atoms with Gasteiger partial charge >= 0.3 is 0 Å². The molecule has 1 N–H and O–H groups in total. The SMILES string of the molecule is Cc1nc(CNC(=NCc2ccccc2)N(C)C)sc1C.I. The van der Waals surface area contributed by atoms with Crippen LogP contribution < -0.4 is 5.32 Å². The maximum Gasteiger partial charge on any atom is 0.194 e. The van der Waals surface area contributed by atoms with Crippen LogP contribution in [0.15, 0.2) is 35.3 Å². The Labute approximate surface area is 153 Å². The van der Waals surface area contributed by atoms with E-state index in [2.05, 4.69) is 34.3 Å². The number of guanidine groups is 1. The Morgan fingerprint density at radius 3 is 2.45 bits per heavy atom. The van der Waals surface area contributed by atoms with Crippen molar-refractivity contribution in [3.63, 3.8) is 0 Å². The minimum absolute atomic E-state index is 0. The molecule has 2 rings (SSSR count). The number of nitrogens with one attached hydrogen (secondary N) is 1. The van der Waals surface area contributed by atoms with Gasteiger partial charge < -0.3 is 10.2 Å². The fraction of sp³-hybridized carbons (Fsp3) is 0.375. The zero-order valence-corrected chi connectivity index (χ0v) is 16.6. The maximum absolute atomic E-state index is 4.65. The van der Waals surface area contributed by atoms with Crippen LogP contribution in [0.2, 0.25) is 0 Å². The molecule has 0 aliphatic heterocycles. The number of aryl methyl sites for hydroxylation is 2. The predicted octanol–water partition coefficient (Wildman–Crippen LogP) is 3.59. The maximum atomic E-state index is 4.65. The topological polar surface area (TPSA) is 40.5 Å². The lowest BCUT2D eigenvalue weighted by atomic mass is 10.2. The number of aliphatic imine (C=N–C) groups is 1. The average Bonchev–Trinajstić information content (AvgIpc) is 2.78.